The summed E-state index contributed by atoms with van der Waals surface area (Å²) in [6, 6.07) is 0. The van der Waals surface area contributed by atoms with E-state index in [1.165, 1.54) is 63.4 Å². The first-order chi connectivity index (χ1) is 14.2. The summed E-state index contributed by atoms with van der Waals surface area (Å²) in [5.74, 6) is 2.54. The predicted molar refractivity (Wildman–Crippen MR) is 124 cm³/mol. The first-order valence-corrected chi connectivity index (χ1v) is 12.8. The van der Waals surface area contributed by atoms with Crippen molar-refractivity contribution < 1.29 is 9.90 Å². The van der Waals surface area contributed by atoms with Gasteiger partial charge in [-0.1, -0.05) is 51.5 Å². The van der Waals surface area contributed by atoms with Crippen molar-refractivity contribution in [2.75, 3.05) is 0 Å². The van der Waals surface area contributed by atoms with Crippen LogP contribution in [0.5, 0.6) is 0 Å². The summed E-state index contributed by atoms with van der Waals surface area (Å²) in [4.78, 5) is 11.6. The standard InChI is InChI=1S/C28H44O2/c1-18(2)21(26(29)30)11-9-19(3)23-13-14-24-22-12-10-20-8-6-7-16-27(20,4)25(22)15-17-28(23,24)5/h8,18,21-25H,3,6-7,9-17H2,1-2,4-5H3,(H,29,30)/t21?,22-,23+,24-,25-,27-,28+/m0/s1. The fourth-order valence-corrected chi connectivity index (χ4v) is 8.68. The van der Waals surface area contributed by atoms with Gasteiger partial charge in [0, 0.05) is 0 Å². The molecule has 0 heterocycles. The summed E-state index contributed by atoms with van der Waals surface area (Å²) >= 11 is 0. The minimum Gasteiger partial charge on any atom is -0.481 e. The molecule has 3 fully saturated rings. The second kappa shape index (κ2) is 8.14. The van der Waals surface area contributed by atoms with Crippen molar-refractivity contribution in [3.63, 3.8) is 0 Å². The Kier molecular flexibility index (Phi) is 6.01. The Hall–Kier alpha value is -1.05. The van der Waals surface area contributed by atoms with Crippen LogP contribution in [0, 0.1) is 46.3 Å². The van der Waals surface area contributed by atoms with Gasteiger partial charge in [-0.25, -0.2) is 0 Å². The normalized spacial score (nSPS) is 41.4. The van der Waals surface area contributed by atoms with Gasteiger partial charge in [-0.2, -0.15) is 0 Å². The lowest BCUT2D eigenvalue weighted by Crippen LogP contribution is -2.50. The van der Waals surface area contributed by atoms with E-state index in [1.807, 2.05) is 13.8 Å². The zero-order chi connectivity index (χ0) is 21.7. The Morgan fingerprint density at radius 1 is 1.17 bits per heavy atom. The van der Waals surface area contributed by atoms with E-state index in [1.54, 1.807) is 5.57 Å². The highest BCUT2D eigenvalue weighted by Crippen LogP contribution is 2.67. The summed E-state index contributed by atoms with van der Waals surface area (Å²) in [6.45, 7) is 13.8. The van der Waals surface area contributed by atoms with Crippen LogP contribution in [0.15, 0.2) is 23.8 Å². The second-order valence-electron chi connectivity index (χ2n) is 12.0. The lowest BCUT2D eigenvalue weighted by atomic mass is 9.46. The highest BCUT2D eigenvalue weighted by molar-refractivity contribution is 5.70. The van der Waals surface area contributed by atoms with Crippen molar-refractivity contribution in [1.82, 2.24) is 0 Å². The Morgan fingerprint density at radius 2 is 1.93 bits per heavy atom. The molecule has 3 saturated carbocycles. The Labute approximate surface area is 184 Å². The zero-order valence-electron chi connectivity index (χ0n) is 19.9. The second-order valence-corrected chi connectivity index (χ2v) is 12.0. The molecule has 7 atom stereocenters. The van der Waals surface area contributed by atoms with E-state index in [2.05, 4.69) is 26.5 Å². The van der Waals surface area contributed by atoms with E-state index < -0.39 is 5.97 Å². The highest BCUT2D eigenvalue weighted by Gasteiger charge is 2.58. The third-order valence-electron chi connectivity index (χ3n) is 10.4. The average molecular weight is 413 g/mol. The maximum absolute atomic E-state index is 11.6. The van der Waals surface area contributed by atoms with Crippen LogP contribution in [-0.2, 0) is 4.79 Å². The molecular weight excluding hydrogens is 368 g/mol. The molecule has 0 spiro atoms. The van der Waals surface area contributed by atoms with Crippen LogP contribution in [0.4, 0.5) is 0 Å². The first-order valence-electron chi connectivity index (χ1n) is 12.8. The van der Waals surface area contributed by atoms with E-state index in [0.717, 1.165) is 30.6 Å². The number of carboxylic acid groups (broad SMARTS) is 1. The number of fused-ring (bicyclic) bond motifs is 5. The Morgan fingerprint density at radius 3 is 2.63 bits per heavy atom. The largest absolute Gasteiger partial charge is 0.481 e. The van der Waals surface area contributed by atoms with Crippen molar-refractivity contribution in [3.05, 3.63) is 23.8 Å². The molecule has 0 aliphatic heterocycles. The van der Waals surface area contributed by atoms with E-state index >= 15 is 0 Å². The summed E-state index contributed by atoms with van der Waals surface area (Å²) < 4.78 is 0. The Balaban J connectivity index is 1.47. The Bertz CT molecular complexity index is 718. The van der Waals surface area contributed by atoms with Crippen molar-refractivity contribution in [2.45, 2.75) is 98.3 Å². The molecule has 1 unspecified atom stereocenters. The molecule has 0 aromatic heterocycles. The molecule has 0 aromatic carbocycles. The molecule has 0 aromatic rings. The molecule has 30 heavy (non-hydrogen) atoms. The van der Waals surface area contributed by atoms with Gasteiger partial charge in [0.2, 0.25) is 0 Å². The van der Waals surface area contributed by atoms with Crippen molar-refractivity contribution >= 4 is 5.97 Å². The first kappa shape index (κ1) is 22.2. The fourth-order valence-electron chi connectivity index (χ4n) is 8.68. The van der Waals surface area contributed by atoms with Gasteiger partial charge >= 0.3 is 5.97 Å². The van der Waals surface area contributed by atoms with Gasteiger partial charge in [-0.15, -0.1) is 0 Å². The third-order valence-corrected chi connectivity index (χ3v) is 10.4. The lowest BCUT2D eigenvalue weighted by molar-refractivity contribution is -0.143. The zero-order valence-corrected chi connectivity index (χ0v) is 19.9. The summed E-state index contributed by atoms with van der Waals surface area (Å²) in [5, 5.41) is 9.57. The fraction of sp³-hybridized carbons (Fsp3) is 0.821. The molecule has 2 heteroatoms. The molecule has 4 aliphatic rings. The van der Waals surface area contributed by atoms with Crippen LogP contribution < -0.4 is 0 Å². The van der Waals surface area contributed by atoms with Crippen LogP contribution >= 0.6 is 0 Å². The molecule has 4 aliphatic carbocycles. The number of hydrogen-bond donors (Lipinski definition) is 1. The number of aliphatic carboxylic acids is 1. The minimum atomic E-state index is -0.638. The summed E-state index contributed by atoms with van der Waals surface area (Å²) in [6.07, 6.45) is 16.4. The maximum atomic E-state index is 11.6. The van der Waals surface area contributed by atoms with Gasteiger partial charge in [0.15, 0.2) is 0 Å². The number of rotatable bonds is 6. The van der Waals surface area contributed by atoms with Gasteiger partial charge in [0.25, 0.3) is 0 Å². The molecular formula is C28H44O2. The SMILES string of the molecule is C=C(CCC(C(=O)O)C(C)C)[C@H]1CC[C@H]2[C@@H]3CCC4=CCCC[C@]4(C)[C@H]3CC[C@]12C. The number of hydrogen-bond acceptors (Lipinski definition) is 1. The molecule has 1 N–H and O–H groups in total. The van der Waals surface area contributed by atoms with Crippen LogP contribution in [0.2, 0.25) is 0 Å². The molecule has 0 bridgehead atoms. The number of carboxylic acids is 1. The molecule has 0 saturated heterocycles. The molecule has 0 radical (unpaired) electrons. The van der Waals surface area contributed by atoms with Gasteiger partial charge in [-0.3, -0.25) is 4.79 Å². The number of allylic oxidation sites excluding steroid dienone is 3. The molecule has 168 valence electrons. The van der Waals surface area contributed by atoms with E-state index in [4.69, 9.17) is 0 Å². The van der Waals surface area contributed by atoms with Crippen molar-refractivity contribution in [1.29, 1.82) is 0 Å². The van der Waals surface area contributed by atoms with Crippen LogP contribution in [0.1, 0.15) is 98.3 Å². The van der Waals surface area contributed by atoms with Crippen LogP contribution in [0.3, 0.4) is 0 Å². The van der Waals surface area contributed by atoms with E-state index in [-0.39, 0.29) is 11.8 Å². The smallest absolute Gasteiger partial charge is 0.306 e. The average Bonchev–Trinajstić information content (AvgIpc) is 3.04. The summed E-state index contributed by atoms with van der Waals surface area (Å²) in [5.41, 5.74) is 4.02. The molecule has 4 rings (SSSR count). The van der Waals surface area contributed by atoms with E-state index in [9.17, 15) is 9.90 Å². The van der Waals surface area contributed by atoms with Gasteiger partial charge in [-0.05, 0) is 111 Å². The minimum absolute atomic E-state index is 0.193. The highest BCUT2D eigenvalue weighted by atomic mass is 16.4. The van der Waals surface area contributed by atoms with Gasteiger partial charge in [0.1, 0.15) is 0 Å². The predicted octanol–water partition coefficient (Wildman–Crippen LogP) is 7.65. The quantitative estimate of drug-likeness (QED) is 0.455. The summed E-state index contributed by atoms with van der Waals surface area (Å²) in [7, 11) is 0. The monoisotopic (exact) mass is 412 g/mol. The van der Waals surface area contributed by atoms with Crippen molar-refractivity contribution in [2.24, 2.45) is 46.3 Å². The van der Waals surface area contributed by atoms with Crippen molar-refractivity contribution in [3.8, 4) is 0 Å². The van der Waals surface area contributed by atoms with Gasteiger partial charge in [0.05, 0.1) is 5.92 Å². The third kappa shape index (κ3) is 3.51. The molecule has 0 amide bonds. The number of carbonyl (C=O) groups is 1. The molecule has 2 nitrogen and oxygen atoms in total. The van der Waals surface area contributed by atoms with Crippen LogP contribution in [0.25, 0.3) is 0 Å². The van der Waals surface area contributed by atoms with Gasteiger partial charge < -0.3 is 5.11 Å². The maximum Gasteiger partial charge on any atom is 0.306 e. The van der Waals surface area contributed by atoms with Crippen LogP contribution in [-0.4, -0.2) is 11.1 Å². The lowest BCUT2D eigenvalue weighted by Gasteiger charge is -2.58. The van der Waals surface area contributed by atoms with E-state index in [0.29, 0.717) is 16.7 Å². The topological polar surface area (TPSA) is 37.3 Å².